The molecule has 0 saturated heterocycles. The first-order chi connectivity index (χ1) is 24.1. The summed E-state index contributed by atoms with van der Waals surface area (Å²) >= 11 is 6.36. The molecule has 1 aliphatic rings. The van der Waals surface area contributed by atoms with E-state index in [1.807, 2.05) is 49.6 Å². The van der Waals surface area contributed by atoms with E-state index < -0.39 is 36.5 Å². The first-order valence-corrected chi connectivity index (χ1v) is 17.5. The van der Waals surface area contributed by atoms with Crippen LogP contribution in [0.15, 0.2) is 72.0 Å². The number of amides is 1. The van der Waals surface area contributed by atoms with E-state index in [1.54, 1.807) is 18.3 Å². The van der Waals surface area contributed by atoms with Crippen molar-refractivity contribution in [1.82, 2.24) is 14.9 Å². The molecule has 0 fully saturated rings. The number of aryl methyl sites for hydroxylation is 3. The number of hydrogen-bond acceptors (Lipinski definition) is 8. The molecule has 0 aliphatic carbocycles. The molecule has 1 unspecified atom stereocenters. The number of carbonyl (C=O) groups is 3. The number of para-hydroxylation sites is 1. The smallest absolute Gasteiger partial charge is 0.862 e. The van der Waals surface area contributed by atoms with Crippen LogP contribution in [0.1, 0.15) is 62.5 Å². The minimum atomic E-state index is -1.40. The molecule has 0 bridgehead atoms. The van der Waals surface area contributed by atoms with Gasteiger partial charge in [0, 0.05) is 53.2 Å². The summed E-state index contributed by atoms with van der Waals surface area (Å²) in [6.45, 7) is -0.318. The van der Waals surface area contributed by atoms with Gasteiger partial charge < -0.3 is 34.6 Å². The van der Waals surface area contributed by atoms with Gasteiger partial charge in [0.25, 0.3) is 0 Å². The van der Waals surface area contributed by atoms with Gasteiger partial charge in [0.2, 0.25) is 5.91 Å². The van der Waals surface area contributed by atoms with Crippen LogP contribution in [-0.4, -0.2) is 63.6 Å². The summed E-state index contributed by atoms with van der Waals surface area (Å²) in [4.78, 5) is 46.4. The minimum absolute atomic E-state index is 0. The first-order valence-electron chi connectivity index (χ1n) is 17.1. The SMILES string of the molecule is Cn1c(-c2cccnc2)c(CCCCCC([O-])=NCCCC[C@H](NC2CCc3ccccc3N(CC(=O)[O-])C2=O)C(=O)O)c2cc(Cl)ccc21.[K+].[K+]. The zero-order valence-electron chi connectivity index (χ0n) is 30.1. The molecule has 3 heterocycles. The number of carbonyl (C=O) groups excluding carboxylic acids is 2. The van der Waals surface area contributed by atoms with Crippen LogP contribution >= 0.6 is 11.6 Å². The van der Waals surface area contributed by atoms with Gasteiger partial charge in [0.1, 0.15) is 6.04 Å². The molecule has 2 aromatic heterocycles. The van der Waals surface area contributed by atoms with Crippen molar-refractivity contribution < 1.29 is 132 Å². The fourth-order valence-electron chi connectivity index (χ4n) is 6.80. The van der Waals surface area contributed by atoms with Crippen molar-refractivity contribution in [3.8, 4) is 11.3 Å². The van der Waals surface area contributed by atoms with Gasteiger partial charge in [0.05, 0.1) is 24.2 Å². The second kappa shape index (κ2) is 22.2. The van der Waals surface area contributed by atoms with Crippen molar-refractivity contribution in [2.45, 2.75) is 76.3 Å². The standard InChI is InChI=1S/C38H44ClN5O6.2K/c1-43-33-19-17-27(39)22-29(33)28(36(43)26-11-9-20-40-23-26)12-3-2-4-15-34(45)41-21-8-7-13-31(38(49)50)42-30-18-16-25-10-5-6-14-32(25)44(37(30)48)24-35(46)47;;/h5-6,9-11,14,17,19-20,22-23,30-31,42H,2-4,7-8,12-13,15-16,18,21,24H2,1H3,(H,41,45)(H,46,47)(H,49,50);;/q;2*+1/p-2/t30?,31-;;/m0../s1. The Morgan fingerprint density at radius 1 is 1.06 bits per heavy atom. The van der Waals surface area contributed by atoms with Gasteiger partial charge in [-0.1, -0.05) is 36.2 Å². The molecule has 11 nitrogen and oxygen atoms in total. The number of rotatable bonds is 17. The Balaban J connectivity index is 0.00000364. The molecule has 4 aromatic rings. The van der Waals surface area contributed by atoms with Gasteiger partial charge >= 0.3 is 109 Å². The van der Waals surface area contributed by atoms with Crippen molar-refractivity contribution in [3.05, 3.63) is 83.1 Å². The molecule has 0 saturated carbocycles. The second-order valence-corrected chi connectivity index (χ2v) is 13.1. The third-order valence-corrected chi connectivity index (χ3v) is 9.48. The number of aliphatic imine (C=N–C) groups is 1. The summed E-state index contributed by atoms with van der Waals surface area (Å²) in [7, 11) is 2.05. The molecule has 14 heteroatoms. The molecule has 2 N–H and O–H groups in total. The van der Waals surface area contributed by atoms with Crippen LogP contribution in [-0.2, 0) is 34.3 Å². The van der Waals surface area contributed by atoms with Gasteiger partial charge in [-0.2, -0.15) is 0 Å². The van der Waals surface area contributed by atoms with Crippen LogP contribution in [0.2, 0.25) is 5.02 Å². The van der Waals surface area contributed by atoms with Crippen molar-refractivity contribution in [3.63, 3.8) is 0 Å². The number of carboxylic acid groups (broad SMARTS) is 2. The minimum Gasteiger partial charge on any atom is -0.862 e. The van der Waals surface area contributed by atoms with E-state index >= 15 is 0 Å². The number of benzene rings is 2. The fraction of sp³-hybridized carbons (Fsp3) is 0.395. The summed E-state index contributed by atoms with van der Waals surface area (Å²) in [6.07, 6.45) is 9.35. The molecule has 1 amide bonds. The number of aromatic nitrogens is 2. The number of nitrogens with one attached hydrogen (secondary N) is 1. The molecule has 5 rings (SSSR count). The Morgan fingerprint density at radius 2 is 1.85 bits per heavy atom. The van der Waals surface area contributed by atoms with Crippen LogP contribution in [0.4, 0.5) is 5.69 Å². The fourth-order valence-corrected chi connectivity index (χ4v) is 6.97. The summed E-state index contributed by atoms with van der Waals surface area (Å²) < 4.78 is 2.18. The number of pyridine rings is 1. The number of anilines is 1. The zero-order chi connectivity index (χ0) is 35.6. The molecule has 2 atom stereocenters. The molecule has 2 aromatic carbocycles. The van der Waals surface area contributed by atoms with Crippen LogP contribution in [0.3, 0.4) is 0 Å². The van der Waals surface area contributed by atoms with E-state index in [0.717, 1.165) is 58.3 Å². The average molecular weight is 778 g/mol. The summed E-state index contributed by atoms with van der Waals surface area (Å²) in [6, 6.07) is 15.1. The van der Waals surface area contributed by atoms with Crippen molar-refractivity contribution in [2.24, 2.45) is 12.0 Å². The van der Waals surface area contributed by atoms with E-state index in [1.165, 1.54) is 5.56 Å². The molecule has 52 heavy (non-hydrogen) atoms. The van der Waals surface area contributed by atoms with Crippen molar-refractivity contribution >= 4 is 51.9 Å². The maximum absolute atomic E-state index is 13.3. The van der Waals surface area contributed by atoms with E-state index in [4.69, 9.17) is 11.6 Å². The Kier molecular flexibility index (Phi) is 19.2. The summed E-state index contributed by atoms with van der Waals surface area (Å²) in [5.74, 6) is -3.16. The van der Waals surface area contributed by atoms with Gasteiger partial charge in [-0.15, -0.1) is 0 Å². The van der Waals surface area contributed by atoms with Crippen LogP contribution in [0, 0.1) is 0 Å². The molecule has 264 valence electrons. The Morgan fingerprint density at radius 3 is 2.58 bits per heavy atom. The van der Waals surface area contributed by atoms with E-state index in [9.17, 15) is 29.7 Å². The zero-order valence-corrected chi connectivity index (χ0v) is 37.1. The molecular weight excluding hydrogens is 736 g/mol. The van der Waals surface area contributed by atoms with Crippen molar-refractivity contribution in [2.75, 3.05) is 18.0 Å². The third-order valence-electron chi connectivity index (χ3n) is 9.24. The van der Waals surface area contributed by atoms with E-state index in [-0.39, 0.29) is 115 Å². The van der Waals surface area contributed by atoms with Gasteiger partial charge in [-0.3, -0.25) is 19.9 Å². The second-order valence-electron chi connectivity index (χ2n) is 12.7. The monoisotopic (exact) mass is 777 g/mol. The van der Waals surface area contributed by atoms with Crippen LogP contribution < -0.4 is 123 Å². The largest absolute Gasteiger partial charge is 1.00 e. The molecular formula is C38H42ClK2N5O6. The third kappa shape index (κ3) is 12.0. The topological polar surface area (TPSA) is 163 Å². The van der Waals surface area contributed by atoms with Crippen LogP contribution in [0.5, 0.6) is 0 Å². The van der Waals surface area contributed by atoms with Gasteiger partial charge in [-0.25, -0.2) is 0 Å². The Hall–Kier alpha value is -1.47. The number of halogens is 1. The number of hydrogen-bond donors (Lipinski definition) is 2. The Labute approximate surface area is 394 Å². The molecule has 0 spiro atoms. The predicted octanol–water partition coefficient (Wildman–Crippen LogP) is -1.93. The summed E-state index contributed by atoms with van der Waals surface area (Å²) in [5.41, 5.74) is 5.79. The molecule has 1 aliphatic heterocycles. The van der Waals surface area contributed by atoms with Crippen LogP contribution in [0.25, 0.3) is 22.2 Å². The van der Waals surface area contributed by atoms with E-state index in [0.29, 0.717) is 49.4 Å². The van der Waals surface area contributed by atoms with E-state index in [2.05, 4.69) is 25.9 Å². The summed E-state index contributed by atoms with van der Waals surface area (Å²) in [5, 5.41) is 38.5. The quantitative estimate of drug-likeness (QED) is 0.0543. The number of carboxylic acids is 2. The average Bonchev–Trinajstić information content (AvgIpc) is 3.30. The number of unbranched alkanes of at least 4 members (excludes halogenated alkanes) is 3. The van der Waals surface area contributed by atoms with Crippen molar-refractivity contribution in [1.29, 1.82) is 0 Å². The Bertz CT molecular complexity index is 1850. The number of aliphatic carboxylic acids is 2. The van der Waals surface area contributed by atoms with Gasteiger partial charge in [-0.05, 0) is 111 Å². The van der Waals surface area contributed by atoms with Gasteiger partial charge in [0.15, 0.2) is 0 Å². The normalized spacial score (nSPS) is 15.0. The number of nitrogens with zero attached hydrogens (tertiary/aromatic N) is 4. The first kappa shape index (κ1) is 44.9. The maximum Gasteiger partial charge on any atom is 1.00 e. The predicted molar refractivity (Wildman–Crippen MR) is 190 cm³/mol. The number of fused-ring (bicyclic) bond motifs is 2. The maximum atomic E-state index is 13.3. The molecule has 0 radical (unpaired) electrons.